The first kappa shape index (κ1) is 14.2. The lowest BCUT2D eigenvalue weighted by atomic mass is 10.2. The number of thiazole rings is 1. The fourth-order valence-electron chi connectivity index (χ4n) is 2.48. The molecule has 0 N–H and O–H groups in total. The molecule has 0 saturated heterocycles. The summed E-state index contributed by atoms with van der Waals surface area (Å²) in [6.07, 6.45) is 7.04. The molecule has 1 atom stereocenters. The van der Waals surface area contributed by atoms with Gasteiger partial charge >= 0.3 is 0 Å². The number of benzene rings is 1. The van der Waals surface area contributed by atoms with E-state index in [1.807, 2.05) is 40.4 Å². The molecule has 0 aliphatic heterocycles. The Labute approximate surface area is 139 Å². The average Bonchev–Trinajstić information content (AvgIpc) is 3.23. The second kappa shape index (κ2) is 5.68. The lowest BCUT2D eigenvalue weighted by molar-refractivity contribution is 0.687. The van der Waals surface area contributed by atoms with Gasteiger partial charge in [0.15, 0.2) is 0 Å². The molecule has 0 radical (unpaired) electrons. The Bertz CT molecular complexity index is 991. The van der Waals surface area contributed by atoms with Crippen LogP contribution in [-0.2, 0) is 10.8 Å². The highest BCUT2D eigenvalue weighted by atomic mass is 32.2. The van der Waals surface area contributed by atoms with Crippen LogP contribution in [0.3, 0.4) is 0 Å². The molecule has 0 amide bonds. The largest absolute Gasteiger partial charge is 0.284 e. The van der Waals surface area contributed by atoms with Gasteiger partial charge in [-0.25, -0.2) is 15.0 Å². The second-order valence-corrected chi connectivity index (χ2v) is 7.05. The van der Waals surface area contributed by atoms with Crippen molar-refractivity contribution >= 4 is 33.0 Å². The van der Waals surface area contributed by atoms with Crippen LogP contribution in [-0.4, -0.2) is 30.0 Å². The van der Waals surface area contributed by atoms with E-state index < -0.39 is 10.8 Å². The van der Waals surface area contributed by atoms with Crippen LogP contribution < -0.4 is 0 Å². The van der Waals surface area contributed by atoms with Gasteiger partial charge in [-0.05, 0) is 6.07 Å². The molecule has 4 rings (SSSR count). The van der Waals surface area contributed by atoms with E-state index in [-0.39, 0.29) is 0 Å². The summed E-state index contributed by atoms with van der Waals surface area (Å²) in [5.41, 5.74) is 4.48. The van der Waals surface area contributed by atoms with Crippen molar-refractivity contribution in [2.24, 2.45) is 0 Å². The summed E-state index contributed by atoms with van der Waals surface area (Å²) in [6, 6.07) is 7.83. The van der Waals surface area contributed by atoms with Crippen molar-refractivity contribution < 1.29 is 4.21 Å². The minimum atomic E-state index is -1.07. The highest BCUT2D eigenvalue weighted by molar-refractivity contribution is 7.84. The minimum Gasteiger partial charge on any atom is -0.284 e. The quantitative estimate of drug-likeness (QED) is 0.574. The Kier molecular flexibility index (Phi) is 3.51. The van der Waals surface area contributed by atoms with Crippen molar-refractivity contribution in [2.45, 2.75) is 4.90 Å². The Morgan fingerprint density at radius 1 is 1.13 bits per heavy atom. The van der Waals surface area contributed by atoms with Gasteiger partial charge in [0.25, 0.3) is 0 Å². The maximum atomic E-state index is 12.0. The van der Waals surface area contributed by atoms with E-state index in [1.165, 1.54) is 11.3 Å². The summed E-state index contributed by atoms with van der Waals surface area (Å²) in [7, 11) is -1.07. The lowest BCUT2D eigenvalue weighted by Crippen LogP contribution is -1.99. The van der Waals surface area contributed by atoms with Gasteiger partial charge in [-0.3, -0.25) is 8.78 Å². The Morgan fingerprint density at radius 3 is 2.61 bits per heavy atom. The fourth-order valence-corrected chi connectivity index (χ4v) is 3.77. The zero-order valence-electron chi connectivity index (χ0n) is 12.2. The van der Waals surface area contributed by atoms with Gasteiger partial charge in [-0.2, -0.15) is 0 Å². The second-order valence-electron chi connectivity index (χ2n) is 4.98. The molecule has 114 valence electrons. The molecule has 3 aromatic heterocycles. The number of aromatic nitrogens is 4. The molecule has 0 bridgehead atoms. The van der Waals surface area contributed by atoms with Gasteiger partial charge in [-0.1, -0.05) is 18.2 Å². The zero-order chi connectivity index (χ0) is 15.8. The van der Waals surface area contributed by atoms with Crippen LogP contribution in [0.4, 0.5) is 0 Å². The Morgan fingerprint density at radius 2 is 1.91 bits per heavy atom. The monoisotopic (exact) mass is 340 g/mol. The number of hydrogen-bond donors (Lipinski definition) is 0. The molecule has 5 nitrogen and oxygen atoms in total. The molecular formula is C16H12N4OS2. The van der Waals surface area contributed by atoms with E-state index in [1.54, 1.807) is 24.2 Å². The third-order valence-corrected chi connectivity index (χ3v) is 5.10. The van der Waals surface area contributed by atoms with Crippen LogP contribution in [0.1, 0.15) is 0 Å². The van der Waals surface area contributed by atoms with E-state index in [9.17, 15) is 4.21 Å². The number of fused-ring (bicyclic) bond motifs is 1. The zero-order valence-corrected chi connectivity index (χ0v) is 13.8. The van der Waals surface area contributed by atoms with Crippen molar-refractivity contribution in [1.29, 1.82) is 0 Å². The molecule has 1 aromatic carbocycles. The SMILES string of the molecule is CS(=O)c1cn(-c2ncc(-c3cscn3)cn2)c2ccccc12. The maximum Gasteiger partial charge on any atom is 0.234 e. The molecule has 0 saturated carbocycles. The van der Waals surface area contributed by atoms with Crippen LogP contribution >= 0.6 is 11.3 Å². The molecule has 0 spiro atoms. The first-order valence-corrected chi connectivity index (χ1v) is 9.38. The summed E-state index contributed by atoms with van der Waals surface area (Å²) in [5, 5.41) is 2.92. The maximum absolute atomic E-state index is 12.0. The van der Waals surface area contributed by atoms with E-state index in [2.05, 4.69) is 15.0 Å². The Hall–Kier alpha value is -2.38. The van der Waals surface area contributed by atoms with Crippen molar-refractivity contribution in [3.8, 4) is 17.2 Å². The third kappa shape index (κ3) is 2.47. The summed E-state index contributed by atoms with van der Waals surface area (Å²) >= 11 is 1.54. The summed E-state index contributed by atoms with van der Waals surface area (Å²) in [4.78, 5) is 13.9. The molecule has 3 heterocycles. The molecule has 23 heavy (non-hydrogen) atoms. The summed E-state index contributed by atoms with van der Waals surface area (Å²) < 4.78 is 13.8. The average molecular weight is 340 g/mol. The van der Waals surface area contributed by atoms with Crippen LogP contribution in [0, 0.1) is 0 Å². The minimum absolute atomic E-state index is 0.553. The van der Waals surface area contributed by atoms with Crippen LogP contribution in [0.5, 0.6) is 0 Å². The highest BCUT2D eigenvalue weighted by Gasteiger charge is 2.13. The van der Waals surface area contributed by atoms with E-state index in [4.69, 9.17) is 0 Å². The standard InChI is InChI=1S/C16H12N4OS2/c1-23(21)15-8-20(14-5-3-2-4-12(14)15)16-17-6-11(7-18-16)13-9-22-10-19-13/h2-10H,1H3. The summed E-state index contributed by atoms with van der Waals surface area (Å²) in [6.45, 7) is 0. The van der Waals surface area contributed by atoms with E-state index >= 15 is 0 Å². The fraction of sp³-hybridized carbons (Fsp3) is 0.0625. The van der Waals surface area contributed by atoms with Gasteiger partial charge < -0.3 is 0 Å². The molecule has 0 fully saturated rings. The first-order chi connectivity index (χ1) is 11.2. The molecule has 0 aliphatic rings. The van der Waals surface area contributed by atoms with Gasteiger partial charge in [0.2, 0.25) is 5.95 Å². The predicted octanol–water partition coefficient (Wildman–Crippen LogP) is 3.28. The lowest BCUT2D eigenvalue weighted by Gasteiger charge is -2.03. The molecule has 0 aliphatic carbocycles. The topological polar surface area (TPSA) is 60.7 Å². The number of hydrogen-bond acceptors (Lipinski definition) is 5. The summed E-state index contributed by atoms with van der Waals surface area (Å²) in [5.74, 6) is 0.553. The normalized spacial score (nSPS) is 12.6. The van der Waals surface area contributed by atoms with E-state index in [0.717, 1.165) is 27.1 Å². The van der Waals surface area contributed by atoms with E-state index in [0.29, 0.717) is 5.95 Å². The molecule has 1 unspecified atom stereocenters. The first-order valence-electron chi connectivity index (χ1n) is 6.88. The van der Waals surface area contributed by atoms with Gasteiger partial charge in [-0.15, -0.1) is 11.3 Å². The van der Waals surface area contributed by atoms with Crippen molar-refractivity contribution in [2.75, 3.05) is 6.26 Å². The van der Waals surface area contributed by atoms with Gasteiger partial charge in [0, 0.05) is 41.2 Å². The molecular weight excluding hydrogens is 328 g/mol. The van der Waals surface area contributed by atoms with Crippen molar-refractivity contribution in [3.63, 3.8) is 0 Å². The third-order valence-electron chi connectivity index (χ3n) is 3.57. The van der Waals surface area contributed by atoms with Gasteiger partial charge in [0.05, 0.1) is 32.4 Å². The number of rotatable bonds is 3. The van der Waals surface area contributed by atoms with Crippen LogP contribution in [0.25, 0.3) is 28.1 Å². The van der Waals surface area contributed by atoms with Crippen molar-refractivity contribution in [1.82, 2.24) is 19.5 Å². The van der Waals surface area contributed by atoms with Crippen LogP contribution in [0.15, 0.2) is 58.6 Å². The van der Waals surface area contributed by atoms with Crippen LogP contribution in [0.2, 0.25) is 0 Å². The molecule has 4 aromatic rings. The number of para-hydroxylation sites is 1. The Balaban J connectivity index is 1.85. The van der Waals surface area contributed by atoms with Gasteiger partial charge in [0.1, 0.15) is 0 Å². The molecule has 7 heteroatoms. The van der Waals surface area contributed by atoms with Crippen molar-refractivity contribution in [3.05, 3.63) is 53.7 Å². The predicted molar refractivity (Wildman–Crippen MR) is 92.3 cm³/mol. The smallest absolute Gasteiger partial charge is 0.234 e. The highest BCUT2D eigenvalue weighted by Crippen LogP contribution is 2.26. The number of nitrogens with zero attached hydrogens (tertiary/aromatic N) is 4.